The molecule has 21 heavy (non-hydrogen) atoms. The van der Waals surface area contributed by atoms with Gasteiger partial charge in [0.25, 0.3) is 0 Å². The summed E-state index contributed by atoms with van der Waals surface area (Å²) in [6, 6.07) is -0.342. The summed E-state index contributed by atoms with van der Waals surface area (Å²) in [5.41, 5.74) is -0.174. The van der Waals surface area contributed by atoms with Crippen LogP contribution in [0.4, 0.5) is 0 Å². The van der Waals surface area contributed by atoms with E-state index in [1.165, 1.54) is 14.0 Å². The van der Waals surface area contributed by atoms with Gasteiger partial charge in [0.05, 0.1) is 24.6 Å². The maximum Gasteiger partial charge on any atom is 0.333 e. The Bertz CT molecular complexity index is 517. The van der Waals surface area contributed by atoms with Crippen LogP contribution < -0.4 is 0 Å². The Hall–Kier alpha value is -1.85. The van der Waals surface area contributed by atoms with E-state index < -0.39 is 17.5 Å². The van der Waals surface area contributed by atoms with Crippen molar-refractivity contribution in [3.05, 3.63) is 11.6 Å². The van der Waals surface area contributed by atoms with Crippen LogP contribution in [0.5, 0.6) is 0 Å². The number of nitrogens with zero attached hydrogens (tertiary/aromatic N) is 1. The molecule has 0 radical (unpaired) electrons. The first-order valence-electron chi connectivity index (χ1n) is 6.96. The number of methoxy groups -OCH3 is 1. The summed E-state index contributed by atoms with van der Waals surface area (Å²) in [5, 5.41) is 0. The summed E-state index contributed by atoms with van der Waals surface area (Å²) < 4.78 is 10.3. The van der Waals surface area contributed by atoms with E-state index in [2.05, 4.69) is 0 Å². The van der Waals surface area contributed by atoms with Gasteiger partial charge in [-0.05, 0) is 26.8 Å². The van der Waals surface area contributed by atoms with E-state index in [1.807, 2.05) is 0 Å². The molecule has 0 aromatic carbocycles. The minimum absolute atomic E-state index is 0.0934. The van der Waals surface area contributed by atoms with E-state index in [0.717, 1.165) is 0 Å². The Morgan fingerprint density at radius 1 is 1.29 bits per heavy atom. The third-order valence-electron chi connectivity index (χ3n) is 3.76. The maximum absolute atomic E-state index is 12.1. The number of ether oxygens (including phenoxy) is 2. The van der Waals surface area contributed by atoms with E-state index in [1.54, 1.807) is 31.7 Å². The molecule has 1 aliphatic heterocycles. The quantitative estimate of drug-likeness (QED) is 0.562. The highest BCUT2D eigenvalue weighted by atomic mass is 16.5. The van der Waals surface area contributed by atoms with Crippen LogP contribution in [0, 0.1) is 5.41 Å². The molecule has 1 saturated heterocycles. The van der Waals surface area contributed by atoms with Gasteiger partial charge < -0.3 is 14.4 Å². The van der Waals surface area contributed by atoms with Crippen molar-refractivity contribution in [2.45, 2.75) is 52.3 Å². The highest BCUT2D eigenvalue weighted by Gasteiger charge is 2.57. The number of hydrogen-bond acceptors (Lipinski definition) is 5. The van der Waals surface area contributed by atoms with Gasteiger partial charge in [-0.2, -0.15) is 0 Å². The lowest BCUT2D eigenvalue weighted by molar-refractivity contribution is -0.160. The van der Waals surface area contributed by atoms with Crippen molar-refractivity contribution >= 4 is 17.8 Å². The summed E-state index contributed by atoms with van der Waals surface area (Å²) in [6.07, 6.45) is 1.52. The number of esters is 2. The highest BCUT2D eigenvalue weighted by Crippen LogP contribution is 2.41. The van der Waals surface area contributed by atoms with Gasteiger partial charge >= 0.3 is 11.9 Å². The number of hydrogen-bond donors (Lipinski definition) is 0. The Morgan fingerprint density at radius 3 is 2.38 bits per heavy atom. The minimum atomic E-state index is -0.627. The summed E-state index contributed by atoms with van der Waals surface area (Å²) in [5.74, 6) is -0.877. The van der Waals surface area contributed by atoms with Gasteiger partial charge in [0.15, 0.2) is 0 Å². The van der Waals surface area contributed by atoms with E-state index in [9.17, 15) is 14.4 Å². The van der Waals surface area contributed by atoms with Gasteiger partial charge in [0.2, 0.25) is 5.91 Å². The Kier molecular flexibility index (Phi) is 3.82. The largest absolute Gasteiger partial charge is 0.466 e. The monoisotopic (exact) mass is 295 g/mol. The lowest BCUT2D eigenvalue weighted by Crippen LogP contribution is -2.35. The number of fused-ring (bicyclic) bond motifs is 1. The van der Waals surface area contributed by atoms with E-state index in [-0.39, 0.29) is 30.4 Å². The zero-order valence-corrected chi connectivity index (χ0v) is 13.0. The van der Waals surface area contributed by atoms with Crippen LogP contribution >= 0.6 is 0 Å². The molecule has 1 heterocycles. The lowest BCUT2D eigenvalue weighted by Gasteiger charge is -2.25. The van der Waals surface area contributed by atoms with Crippen LogP contribution in [0.15, 0.2) is 11.6 Å². The predicted octanol–water partition coefficient (Wildman–Crippen LogP) is 1.05. The highest BCUT2D eigenvalue weighted by molar-refractivity contribution is 5.90. The molecule has 0 aromatic heterocycles. The van der Waals surface area contributed by atoms with Gasteiger partial charge in [-0.3, -0.25) is 9.59 Å². The van der Waals surface area contributed by atoms with Crippen LogP contribution in [0.3, 0.4) is 0 Å². The normalized spacial score (nSPS) is 27.4. The topological polar surface area (TPSA) is 72.7 Å². The summed E-state index contributed by atoms with van der Waals surface area (Å²) in [4.78, 5) is 37.0. The second-order valence-electron chi connectivity index (χ2n) is 6.49. The van der Waals surface area contributed by atoms with Crippen molar-refractivity contribution in [2.24, 2.45) is 5.41 Å². The molecule has 1 amide bonds. The number of carbonyl (C=O) groups is 3. The van der Waals surface area contributed by atoms with E-state index >= 15 is 0 Å². The van der Waals surface area contributed by atoms with Crippen LogP contribution in [-0.4, -0.2) is 48.0 Å². The molecule has 2 rings (SSSR count). The fraction of sp³-hybridized carbons (Fsp3) is 0.667. The lowest BCUT2D eigenvalue weighted by atomic mass is 9.94. The van der Waals surface area contributed by atoms with Crippen molar-refractivity contribution in [1.29, 1.82) is 0 Å². The van der Waals surface area contributed by atoms with Crippen LogP contribution in [0.2, 0.25) is 0 Å². The summed E-state index contributed by atoms with van der Waals surface area (Å²) >= 11 is 0. The zero-order valence-electron chi connectivity index (χ0n) is 13.0. The molecule has 1 unspecified atom stereocenters. The number of carbonyl (C=O) groups excluding carboxylic acids is 3. The molecule has 3 atom stereocenters. The van der Waals surface area contributed by atoms with Gasteiger partial charge in [-0.15, -0.1) is 0 Å². The third-order valence-corrected chi connectivity index (χ3v) is 3.76. The van der Waals surface area contributed by atoms with Crippen molar-refractivity contribution < 1.29 is 23.9 Å². The van der Waals surface area contributed by atoms with Crippen molar-refractivity contribution in [2.75, 3.05) is 7.11 Å². The summed E-state index contributed by atoms with van der Waals surface area (Å²) in [7, 11) is 1.31. The van der Waals surface area contributed by atoms with Crippen molar-refractivity contribution in [3.63, 3.8) is 0 Å². The molecule has 1 aliphatic carbocycles. The fourth-order valence-corrected chi connectivity index (χ4v) is 2.59. The molecule has 0 N–H and O–H groups in total. The molecule has 2 aliphatic rings. The molecule has 0 bridgehead atoms. The smallest absolute Gasteiger partial charge is 0.333 e. The van der Waals surface area contributed by atoms with E-state index in [0.29, 0.717) is 5.57 Å². The average Bonchev–Trinajstić information content (AvgIpc) is 3.11. The first-order chi connectivity index (χ1) is 9.66. The molecule has 6 nitrogen and oxygen atoms in total. The van der Waals surface area contributed by atoms with E-state index in [4.69, 9.17) is 9.47 Å². The molecule has 6 heteroatoms. The standard InChI is InChI=1S/C15H21NO5/c1-8(17)16-10-6-9(13(18)20-5)7-11(12(10)16)21-14(19)15(2,3)4/h6,10-12H,7H2,1-5H3/t10?,11-,12-,16?/m1/s1. The van der Waals surface area contributed by atoms with Gasteiger partial charge in [-0.25, -0.2) is 4.79 Å². The third kappa shape index (κ3) is 2.94. The second-order valence-corrected chi connectivity index (χ2v) is 6.49. The maximum atomic E-state index is 12.1. The first-order valence-corrected chi connectivity index (χ1v) is 6.96. The Balaban J connectivity index is 2.18. The first kappa shape index (κ1) is 15.5. The molecular weight excluding hydrogens is 274 g/mol. The van der Waals surface area contributed by atoms with Crippen LogP contribution in [0.25, 0.3) is 0 Å². The Labute approximate surface area is 124 Å². The van der Waals surface area contributed by atoms with Crippen LogP contribution in [-0.2, 0) is 23.9 Å². The molecule has 1 fully saturated rings. The van der Waals surface area contributed by atoms with Crippen LogP contribution in [0.1, 0.15) is 34.1 Å². The summed E-state index contributed by atoms with van der Waals surface area (Å²) in [6.45, 7) is 6.76. The van der Waals surface area contributed by atoms with Gasteiger partial charge in [-0.1, -0.05) is 0 Å². The average molecular weight is 295 g/mol. The fourth-order valence-electron chi connectivity index (χ4n) is 2.59. The molecule has 0 aromatic rings. The van der Waals surface area contributed by atoms with Crippen molar-refractivity contribution in [1.82, 2.24) is 4.90 Å². The number of amides is 1. The molecular formula is C15H21NO5. The zero-order chi connectivity index (χ0) is 15.9. The van der Waals surface area contributed by atoms with Gasteiger partial charge in [0, 0.05) is 18.9 Å². The molecule has 0 spiro atoms. The predicted molar refractivity (Wildman–Crippen MR) is 74.1 cm³/mol. The molecule has 0 saturated carbocycles. The van der Waals surface area contributed by atoms with Gasteiger partial charge in [0.1, 0.15) is 6.10 Å². The van der Waals surface area contributed by atoms with Crippen molar-refractivity contribution in [3.8, 4) is 0 Å². The molecule has 116 valence electrons. The second kappa shape index (κ2) is 5.16. The Morgan fingerprint density at radius 2 is 1.90 bits per heavy atom. The SMILES string of the molecule is COC(=O)C1=CC2[C@H]([C@H](OC(=O)C(C)(C)C)C1)N2C(C)=O. The number of rotatable bonds is 2. The minimum Gasteiger partial charge on any atom is -0.466 e.